The van der Waals surface area contributed by atoms with Crippen LogP contribution in [-0.4, -0.2) is 26.3 Å². The molecule has 0 saturated carbocycles. The molecule has 0 bridgehead atoms. The number of ketones is 2. The minimum Gasteiger partial charge on any atom is -0.292 e. The van der Waals surface area contributed by atoms with Gasteiger partial charge in [0.1, 0.15) is 11.4 Å². The second-order valence-corrected chi connectivity index (χ2v) is 8.15. The van der Waals surface area contributed by atoms with Crippen molar-refractivity contribution in [2.75, 3.05) is 0 Å². The molecule has 2 heterocycles. The highest BCUT2D eigenvalue weighted by Crippen LogP contribution is 2.22. The molecule has 5 nitrogen and oxygen atoms in total. The zero-order valence-electron chi connectivity index (χ0n) is 16.2. The van der Waals surface area contributed by atoms with E-state index in [0.717, 1.165) is 11.3 Å². The summed E-state index contributed by atoms with van der Waals surface area (Å²) >= 11 is 12.1. The molecule has 0 amide bonds. The van der Waals surface area contributed by atoms with Crippen LogP contribution in [0.15, 0.2) is 48.8 Å². The minimum absolute atomic E-state index is 0.0453. The fraction of sp³-hybridized carbons (Fsp3) is 0.273. The summed E-state index contributed by atoms with van der Waals surface area (Å²) in [5.41, 5.74) is 2.31. The van der Waals surface area contributed by atoms with Gasteiger partial charge in [-0.25, -0.2) is 9.67 Å². The van der Waals surface area contributed by atoms with Crippen molar-refractivity contribution in [2.24, 2.45) is 5.92 Å². The molecule has 0 atom stereocenters. The molecule has 3 aromatic rings. The Morgan fingerprint density at radius 3 is 2.34 bits per heavy atom. The van der Waals surface area contributed by atoms with Gasteiger partial charge in [0.15, 0.2) is 11.6 Å². The van der Waals surface area contributed by atoms with Crippen molar-refractivity contribution in [2.45, 2.75) is 33.1 Å². The molecule has 0 radical (unpaired) electrons. The van der Waals surface area contributed by atoms with Gasteiger partial charge in [0.05, 0.1) is 11.9 Å². The number of carbonyl (C=O) groups excluding carboxylic acids is 2. The zero-order valence-corrected chi connectivity index (χ0v) is 17.7. The summed E-state index contributed by atoms with van der Waals surface area (Å²) in [5, 5.41) is 5.36. The third kappa shape index (κ3) is 5.75. The number of rotatable bonds is 8. The smallest absolute Gasteiger partial charge is 0.181 e. The molecule has 0 unspecified atom stereocenters. The first-order chi connectivity index (χ1) is 13.8. The fourth-order valence-corrected chi connectivity index (χ4v) is 3.42. The summed E-state index contributed by atoms with van der Waals surface area (Å²) in [6.45, 7) is 3.95. The van der Waals surface area contributed by atoms with Crippen LogP contribution < -0.4 is 0 Å². The van der Waals surface area contributed by atoms with Gasteiger partial charge in [0, 0.05) is 29.1 Å². The summed E-state index contributed by atoms with van der Waals surface area (Å²) < 4.78 is 1.67. The molecule has 150 valence electrons. The quantitative estimate of drug-likeness (QED) is 0.435. The van der Waals surface area contributed by atoms with Gasteiger partial charge in [-0.2, -0.15) is 5.10 Å². The molecule has 0 N–H and O–H groups in total. The summed E-state index contributed by atoms with van der Waals surface area (Å²) in [5.74, 6) is 0.0911. The molecular weight excluding hydrogens is 409 g/mol. The van der Waals surface area contributed by atoms with Gasteiger partial charge in [-0.1, -0.05) is 43.1 Å². The van der Waals surface area contributed by atoms with Crippen LogP contribution in [0, 0.1) is 5.92 Å². The number of benzene rings is 1. The topological polar surface area (TPSA) is 64.8 Å². The first kappa shape index (κ1) is 21.2. The van der Waals surface area contributed by atoms with Crippen molar-refractivity contribution in [1.29, 1.82) is 0 Å². The monoisotopic (exact) mass is 429 g/mol. The number of hydrogen-bond acceptors (Lipinski definition) is 4. The Morgan fingerprint density at radius 2 is 1.69 bits per heavy atom. The normalized spacial score (nSPS) is 11.1. The van der Waals surface area contributed by atoms with Crippen molar-refractivity contribution < 1.29 is 9.59 Å². The van der Waals surface area contributed by atoms with E-state index in [4.69, 9.17) is 23.2 Å². The standard InChI is InChI=1S/C22H21Cl2N3O2/c1-14(2)8-22(29)20-5-3-4-19(26-20)21(28)7-6-15-12-25-27(13-15)18-10-16(23)9-17(24)11-18/h3-5,9-14H,6-8H2,1-2H3. The van der Waals surface area contributed by atoms with Crippen LogP contribution in [0.4, 0.5) is 0 Å². The van der Waals surface area contributed by atoms with Gasteiger partial charge in [-0.15, -0.1) is 0 Å². The number of pyridine rings is 1. The van der Waals surface area contributed by atoms with Crippen LogP contribution in [0.2, 0.25) is 10.0 Å². The summed E-state index contributed by atoms with van der Waals surface area (Å²) in [4.78, 5) is 29.0. The van der Waals surface area contributed by atoms with Crippen molar-refractivity contribution >= 4 is 34.8 Å². The van der Waals surface area contributed by atoms with E-state index < -0.39 is 0 Å². The molecule has 0 aliphatic rings. The number of halogens is 2. The Bertz CT molecular complexity index is 1020. The lowest BCUT2D eigenvalue weighted by Crippen LogP contribution is -2.10. The molecule has 0 saturated heterocycles. The number of Topliss-reactive ketones (excluding diaryl/α,β-unsaturated/α-hetero) is 2. The van der Waals surface area contributed by atoms with Gasteiger partial charge in [-0.05, 0) is 48.2 Å². The molecule has 7 heteroatoms. The largest absolute Gasteiger partial charge is 0.292 e. The van der Waals surface area contributed by atoms with Crippen LogP contribution in [0.3, 0.4) is 0 Å². The lowest BCUT2D eigenvalue weighted by Gasteiger charge is -2.05. The average molecular weight is 430 g/mol. The minimum atomic E-state index is -0.109. The Balaban J connectivity index is 1.66. The van der Waals surface area contributed by atoms with E-state index in [2.05, 4.69) is 10.1 Å². The van der Waals surface area contributed by atoms with Crippen molar-refractivity contribution in [3.63, 3.8) is 0 Å². The van der Waals surface area contributed by atoms with E-state index in [1.54, 1.807) is 47.3 Å². The maximum atomic E-state index is 12.5. The van der Waals surface area contributed by atoms with E-state index >= 15 is 0 Å². The Kier molecular flexibility index (Phi) is 6.83. The maximum Gasteiger partial charge on any atom is 0.181 e. The number of nitrogens with zero attached hydrogens (tertiary/aromatic N) is 3. The summed E-state index contributed by atoms with van der Waals surface area (Å²) in [6.07, 6.45) is 4.75. The highest BCUT2D eigenvalue weighted by molar-refractivity contribution is 6.34. The van der Waals surface area contributed by atoms with Crippen LogP contribution >= 0.6 is 23.2 Å². The molecule has 0 aliphatic carbocycles. The van der Waals surface area contributed by atoms with Crippen LogP contribution in [0.1, 0.15) is 53.2 Å². The van der Waals surface area contributed by atoms with Gasteiger partial charge in [-0.3, -0.25) is 9.59 Å². The lowest BCUT2D eigenvalue weighted by molar-refractivity contribution is 0.0962. The van der Waals surface area contributed by atoms with Gasteiger partial charge in [0.25, 0.3) is 0 Å². The number of hydrogen-bond donors (Lipinski definition) is 0. The number of aromatic nitrogens is 3. The van der Waals surface area contributed by atoms with Crippen molar-refractivity contribution in [1.82, 2.24) is 14.8 Å². The predicted molar refractivity (Wildman–Crippen MR) is 114 cm³/mol. The maximum absolute atomic E-state index is 12.5. The van der Waals surface area contributed by atoms with E-state index in [1.807, 2.05) is 20.0 Å². The van der Waals surface area contributed by atoms with E-state index in [0.29, 0.717) is 34.3 Å². The van der Waals surface area contributed by atoms with Crippen LogP contribution in [0.5, 0.6) is 0 Å². The van der Waals surface area contributed by atoms with E-state index in [-0.39, 0.29) is 23.9 Å². The van der Waals surface area contributed by atoms with Crippen LogP contribution in [0.25, 0.3) is 5.69 Å². The Labute approximate surface area is 179 Å². The van der Waals surface area contributed by atoms with Crippen molar-refractivity contribution in [3.05, 3.63) is 75.8 Å². The average Bonchev–Trinajstić information content (AvgIpc) is 3.14. The van der Waals surface area contributed by atoms with Crippen LogP contribution in [-0.2, 0) is 6.42 Å². The molecule has 29 heavy (non-hydrogen) atoms. The molecule has 1 aromatic carbocycles. The third-order valence-corrected chi connectivity index (χ3v) is 4.74. The second kappa shape index (κ2) is 9.33. The first-order valence-corrected chi connectivity index (χ1v) is 10.1. The number of aryl methyl sites for hydroxylation is 1. The highest BCUT2D eigenvalue weighted by Gasteiger charge is 2.14. The van der Waals surface area contributed by atoms with Gasteiger partial charge >= 0.3 is 0 Å². The highest BCUT2D eigenvalue weighted by atomic mass is 35.5. The molecule has 0 fully saturated rings. The number of carbonyl (C=O) groups is 2. The molecular formula is C22H21Cl2N3O2. The molecule has 2 aromatic heterocycles. The third-order valence-electron chi connectivity index (χ3n) is 4.30. The first-order valence-electron chi connectivity index (χ1n) is 9.35. The second-order valence-electron chi connectivity index (χ2n) is 7.27. The molecule has 0 spiro atoms. The zero-order chi connectivity index (χ0) is 21.0. The van der Waals surface area contributed by atoms with Gasteiger partial charge < -0.3 is 0 Å². The van der Waals surface area contributed by atoms with E-state index in [1.165, 1.54) is 0 Å². The Hall–Kier alpha value is -2.50. The summed E-state index contributed by atoms with van der Waals surface area (Å²) in [7, 11) is 0. The molecule has 0 aliphatic heterocycles. The van der Waals surface area contributed by atoms with Crippen molar-refractivity contribution in [3.8, 4) is 5.69 Å². The predicted octanol–water partition coefficient (Wildman–Crippen LogP) is 5.62. The lowest BCUT2D eigenvalue weighted by atomic mass is 10.0. The fourth-order valence-electron chi connectivity index (χ4n) is 2.91. The molecule has 3 rings (SSSR count). The van der Waals surface area contributed by atoms with Gasteiger partial charge in [0.2, 0.25) is 0 Å². The van der Waals surface area contributed by atoms with E-state index in [9.17, 15) is 9.59 Å². The Morgan fingerprint density at radius 1 is 1.03 bits per heavy atom. The summed E-state index contributed by atoms with van der Waals surface area (Å²) in [6, 6.07) is 10.2. The SMILES string of the molecule is CC(C)CC(=O)c1cccc(C(=O)CCc2cnn(-c3cc(Cl)cc(Cl)c3)c2)n1.